The van der Waals surface area contributed by atoms with Crippen molar-refractivity contribution in [3.8, 4) is 0 Å². The number of aldehydes is 1. The summed E-state index contributed by atoms with van der Waals surface area (Å²) < 4.78 is 1.57. The molecule has 0 amide bonds. The first-order valence-corrected chi connectivity index (χ1v) is 5.38. The average Bonchev–Trinajstić information content (AvgIpc) is 2.03. The van der Waals surface area contributed by atoms with E-state index in [-0.39, 0.29) is 5.78 Å². The number of halogens is 2. The van der Waals surface area contributed by atoms with Crippen LogP contribution < -0.4 is 0 Å². The van der Waals surface area contributed by atoms with Crippen LogP contribution in [0.25, 0.3) is 0 Å². The standard InChI is InChI=1S/C9H6BrIO2/c1-5(13)7-2-6(4-12)9(11)3-8(7)10/h2-4H,1H3. The molecule has 68 valence electrons. The van der Waals surface area contributed by atoms with E-state index in [1.807, 2.05) is 0 Å². The molecule has 0 aliphatic rings. The molecule has 13 heavy (non-hydrogen) atoms. The van der Waals surface area contributed by atoms with Crippen molar-refractivity contribution >= 4 is 50.6 Å². The summed E-state index contributed by atoms with van der Waals surface area (Å²) in [6.07, 6.45) is 0.751. The van der Waals surface area contributed by atoms with Gasteiger partial charge in [0.05, 0.1) is 0 Å². The molecule has 0 aliphatic heterocycles. The maximum absolute atomic E-state index is 11.1. The Balaban J connectivity index is 3.38. The van der Waals surface area contributed by atoms with E-state index >= 15 is 0 Å². The highest BCUT2D eigenvalue weighted by Crippen LogP contribution is 2.22. The van der Waals surface area contributed by atoms with Crippen LogP contribution in [0.1, 0.15) is 27.6 Å². The molecule has 0 radical (unpaired) electrons. The Morgan fingerprint density at radius 1 is 1.54 bits per heavy atom. The third kappa shape index (κ3) is 2.37. The van der Waals surface area contributed by atoms with Gasteiger partial charge in [-0.1, -0.05) is 15.9 Å². The lowest BCUT2D eigenvalue weighted by molar-refractivity contribution is 0.101. The van der Waals surface area contributed by atoms with Gasteiger partial charge in [-0.15, -0.1) is 0 Å². The molecule has 1 aromatic rings. The Morgan fingerprint density at radius 2 is 2.15 bits per heavy atom. The van der Waals surface area contributed by atoms with Crippen LogP contribution in [0.3, 0.4) is 0 Å². The van der Waals surface area contributed by atoms with Gasteiger partial charge in [0.25, 0.3) is 0 Å². The monoisotopic (exact) mass is 352 g/mol. The van der Waals surface area contributed by atoms with Gasteiger partial charge in [0.15, 0.2) is 12.1 Å². The molecular weight excluding hydrogens is 347 g/mol. The van der Waals surface area contributed by atoms with Gasteiger partial charge in [0, 0.05) is 19.2 Å². The zero-order valence-corrected chi connectivity index (χ0v) is 10.5. The van der Waals surface area contributed by atoms with E-state index in [2.05, 4.69) is 38.5 Å². The molecular formula is C9H6BrIO2. The number of benzene rings is 1. The van der Waals surface area contributed by atoms with E-state index in [0.29, 0.717) is 11.1 Å². The highest BCUT2D eigenvalue weighted by atomic mass is 127. The maximum atomic E-state index is 11.1. The van der Waals surface area contributed by atoms with E-state index in [1.54, 1.807) is 12.1 Å². The Morgan fingerprint density at radius 3 is 2.62 bits per heavy atom. The number of rotatable bonds is 2. The fourth-order valence-electron chi connectivity index (χ4n) is 0.926. The molecule has 1 aromatic carbocycles. The summed E-state index contributed by atoms with van der Waals surface area (Å²) in [6.45, 7) is 1.47. The zero-order chi connectivity index (χ0) is 10.0. The third-order valence-electron chi connectivity index (χ3n) is 1.59. The number of Topliss-reactive ketones (excluding diaryl/α,β-unsaturated/α-hetero) is 1. The van der Waals surface area contributed by atoms with E-state index in [9.17, 15) is 9.59 Å². The van der Waals surface area contributed by atoms with Crippen LogP contribution in [0.2, 0.25) is 0 Å². The third-order valence-corrected chi connectivity index (χ3v) is 3.18. The van der Waals surface area contributed by atoms with Crippen LogP contribution in [-0.4, -0.2) is 12.1 Å². The number of hydrogen-bond acceptors (Lipinski definition) is 2. The molecule has 0 unspecified atom stereocenters. The fourth-order valence-corrected chi connectivity index (χ4v) is 2.57. The minimum absolute atomic E-state index is 0.0497. The van der Waals surface area contributed by atoms with Crippen molar-refractivity contribution in [2.24, 2.45) is 0 Å². The predicted molar refractivity (Wildman–Crippen MR) is 62.3 cm³/mol. The summed E-state index contributed by atoms with van der Waals surface area (Å²) in [5, 5.41) is 0. The molecule has 0 spiro atoms. The molecule has 4 heteroatoms. The van der Waals surface area contributed by atoms with Gasteiger partial charge < -0.3 is 0 Å². The molecule has 1 rings (SSSR count). The van der Waals surface area contributed by atoms with Crippen LogP contribution in [0.5, 0.6) is 0 Å². The second kappa shape index (κ2) is 4.32. The van der Waals surface area contributed by atoms with Gasteiger partial charge in [-0.2, -0.15) is 0 Å². The van der Waals surface area contributed by atoms with Gasteiger partial charge in [-0.3, -0.25) is 9.59 Å². The number of carbonyl (C=O) groups is 2. The number of ketones is 1. The minimum atomic E-state index is -0.0497. The Bertz CT molecular complexity index is 374. The first-order valence-electron chi connectivity index (χ1n) is 3.51. The van der Waals surface area contributed by atoms with E-state index < -0.39 is 0 Å². The average molecular weight is 353 g/mol. The maximum Gasteiger partial charge on any atom is 0.160 e. The molecule has 0 atom stereocenters. The highest BCUT2D eigenvalue weighted by Gasteiger charge is 2.09. The van der Waals surface area contributed by atoms with Crippen LogP contribution in [-0.2, 0) is 0 Å². The van der Waals surface area contributed by atoms with E-state index in [1.165, 1.54) is 6.92 Å². The van der Waals surface area contributed by atoms with Crippen molar-refractivity contribution in [3.05, 3.63) is 31.3 Å². The smallest absolute Gasteiger partial charge is 0.160 e. The summed E-state index contributed by atoms with van der Waals surface area (Å²) in [4.78, 5) is 21.7. The van der Waals surface area contributed by atoms with Gasteiger partial charge >= 0.3 is 0 Å². The summed E-state index contributed by atoms with van der Waals surface area (Å²) in [7, 11) is 0. The molecule has 0 saturated heterocycles. The lowest BCUT2D eigenvalue weighted by Gasteiger charge is -2.03. The molecule has 0 fully saturated rings. The number of hydrogen-bond donors (Lipinski definition) is 0. The highest BCUT2D eigenvalue weighted by molar-refractivity contribution is 14.1. The molecule has 2 nitrogen and oxygen atoms in total. The van der Waals surface area contributed by atoms with Crippen molar-refractivity contribution < 1.29 is 9.59 Å². The molecule has 0 aromatic heterocycles. The van der Waals surface area contributed by atoms with Gasteiger partial charge in [-0.25, -0.2) is 0 Å². The molecule has 0 saturated carbocycles. The first-order chi connectivity index (χ1) is 6.06. The van der Waals surface area contributed by atoms with Crippen LogP contribution in [0.4, 0.5) is 0 Å². The van der Waals surface area contributed by atoms with Gasteiger partial charge in [0.2, 0.25) is 0 Å². The van der Waals surface area contributed by atoms with Gasteiger partial charge in [-0.05, 0) is 41.6 Å². The molecule has 0 heterocycles. The van der Waals surface area contributed by atoms with Crippen molar-refractivity contribution in [2.75, 3.05) is 0 Å². The summed E-state index contributed by atoms with van der Waals surface area (Å²) in [6, 6.07) is 3.36. The largest absolute Gasteiger partial charge is 0.298 e. The fraction of sp³-hybridized carbons (Fsp3) is 0.111. The van der Waals surface area contributed by atoms with E-state index in [0.717, 1.165) is 14.3 Å². The van der Waals surface area contributed by atoms with E-state index in [4.69, 9.17) is 0 Å². The summed E-state index contributed by atoms with van der Waals surface area (Å²) in [5.41, 5.74) is 1.09. The second-order valence-corrected chi connectivity index (χ2v) is 4.54. The SMILES string of the molecule is CC(=O)c1cc(C=O)c(I)cc1Br. The summed E-state index contributed by atoms with van der Waals surface area (Å²) in [5.74, 6) is -0.0497. The topological polar surface area (TPSA) is 34.1 Å². The molecule has 0 N–H and O–H groups in total. The Hall–Kier alpha value is -0.230. The predicted octanol–water partition coefficient (Wildman–Crippen LogP) is 3.07. The van der Waals surface area contributed by atoms with Gasteiger partial charge in [0.1, 0.15) is 0 Å². The van der Waals surface area contributed by atoms with Crippen molar-refractivity contribution in [1.82, 2.24) is 0 Å². The van der Waals surface area contributed by atoms with Crippen LogP contribution >= 0.6 is 38.5 Å². The normalized spacial score (nSPS) is 9.77. The van der Waals surface area contributed by atoms with Crippen LogP contribution in [0, 0.1) is 3.57 Å². The minimum Gasteiger partial charge on any atom is -0.298 e. The Labute approximate surface area is 98.0 Å². The zero-order valence-electron chi connectivity index (χ0n) is 6.80. The number of carbonyl (C=O) groups excluding carboxylic acids is 2. The molecule has 0 aliphatic carbocycles. The lowest BCUT2D eigenvalue weighted by atomic mass is 10.1. The lowest BCUT2D eigenvalue weighted by Crippen LogP contribution is -1.97. The first kappa shape index (κ1) is 10.8. The van der Waals surface area contributed by atoms with Crippen molar-refractivity contribution in [3.63, 3.8) is 0 Å². The second-order valence-electron chi connectivity index (χ2n) is 2.53. The quantitative estimate of drug-likeness (QED) is 0.465. The van der Waals surface area contributed by atoms with Crippen LogP contribution in [0.15, 0.2) is 16.6 Å². The van der Waals surface area contributed by atoms with Crippen molar-refractivity contribution in [2.45, 2.75) is 6.92 Å². The molecule has 0 bridgehead atoms. The van der Waals surface area contributed by atoms with Crippen molar-refractivity contribution in [1.29, 1.82) is 0 Å². The summed E-state index contributed by atoms with van der Waals surface area (Å²) >= 11 is 5.32. The Kier molecular flexibility index (Phi) is 3.61.